The average molecular weight is 689 g/mol. The molecule has 1 saturated carbocycles. The molecule has 3 fully saturated rings. The third-order valence-electron chi connectivity index (χ3n) is 8.08. The van der Waals surface area contributed by atoms with Gasteiger partial charge >= 0.3 is 6.18 Å². The lowest BCUT2D eigenvalue weighted by molar-refractivity contribution is -0.144. The maximum absolute atomic E-state index is 13.8. The lowest BCUT2D eigenvalue weighted by Gasteiger charge is -2.27. The summed E-state index contributed by atoms with van der Waals surface area (Å²) in [6, 6.07) is 4.63. The Kier molecular flexibility index (Phi) is 11.2. The molecule has 42 heavy (non-hydrogen) atoms. The fourth-order valence-electron chi connectivity index (χ4n) is 5.94. The van der Waals surface area contributed by atoms with Crippen LogP contribution in [0, 0.1) is 24.2 Å². The molecule has 232 valence electrons. The SMILES string of the molecule is Cc1cc(C(F)(F)F)nc(-c2ccnc3cc(CN4C(=O)C5C(C4=O)C5(C)C)sc23)c1NC1CCCNC1.Cl.Cl.Cl.Cl. The van der Waals surface area contributed by atoms with E-state index in [-0.39, 0.29) is 97.0 Å². The molecule has 0 radical (unpaired) electrons. The Morgan fingerprint density at radius 3 is 2.38 bits per heavy atom. The second-order valence-electron chi connectivity index (χ2n) is 11.1. The number of rotatable bonds is 5. The van der Waals surface area contributed by atoms with Crippen molar-refractivity contribution >= 4 is 88.7 Å². The molecule has 5 heterocycles. The maximum Gasteiger partial charge on any atom is 0.433 e. The van der Waals surface area contributed by atoms with Crippen molar-refractivity contribution in [3.63, 3.8) is 0 Å². The number of nitrogens with zero attached hydrogens (tertiary/aromatic N) is 3. The maximum atomic E-state index is 13.8. The van der Waals surface area contributed by atoms with Gasteiger partial charge < -0.3 is 10.6 Å². The van der Waals surface area contributed by atoms with Gasteiger partial charge in [0.05, 0.1) is 40.0 Å². The van der Waals surface area contributed by atoms with Crippen molar-refractivity contribution in [2.45, 2.75) is 52.4 Å². The first-order valence-corrected chi connectivity index (χ1v) is 13.6. The number of alkyl halides is 3. The third-order valence-corrected chi connectivity index (χ3v) is 9.22. The second kappa shape index (κ2) is 13.0. The number of anilines is 1. The van der Waals surface area contributed by atoms with E-state index in [0.717, 1.165) is 30.3 Å². The number of thiophene rings is 1. The Balaban J connectivity index is 0.00000154. The van der Waals surface area contributed by atoms with E-state index < -0.39 is 11.9 Å². The molecule has 0 aromatic carbocycles. The summed E-state index contributed by atoms with van der Waals surface area (Å²) in [4.78, 5) is 36.3. The number of carbonyl (C=O) groups is 2. The zero-order chi connectivity index (χ0) is 27.0. The van der Waals surface area contributed by atoms with Gasteiger partial charge in [-0.05, 0) is 55.5 Å². The number of imide groups is 1. The van der Waals surface area contributed by atoms with Crippen LogP contribution in [-0.4, -0.2) is 45.8 Å². The number of hydrogen-bond donors (Lipinski definition) is 2. The number of halogens is 7. The molecule has 15 heteroatoms. The predicted molar refractivity (Wildman–Crippen MR) is 167 cm³/mol. The van der Waals surface area contributed by atoms with Crippen molar-refractivity contribution in [1.82, 2.24) is 20.2 Å². The third kappa shape index (κ3) is 6.19. The molecule has 2 amide bonds. The molecular formula is C27H32Cl4F3N5O2S. The van der Waals surface area contributed by atoms with Crippen LogP contribution in [0.2, 0.25) is 0 Å². The summed E-state index contributed by atoms with van der Waals surface area (Å²) in [6.45, 7) is 7.29. The van der Waals surface area contributed by atoms with Crippen molar-refractivity contribution < 1.29 is 22.8 Å². The van der Waals surface area contributed by atoms with Crippen molar-refractivity contribution in [2.75, 3.05) is 18.4 Å². The first-order valence-electron chi connectivity index (χ1n) is 12.8. The molecule has 6 rings (SSSR count). The minimum Gasteiger partial charge on any atom is -0.379 e. The molecule has 2 aliphatic heterocycles. The number of amides is 2. The van der Waals surface area contributed by atoms with Gasteiger partial charge in [0.25, 0.3) is 0 Å². The van der Waals surface area contributed by atoms with E-state index in [1.807, 2.05) is 13.8 Å². The molecule has 1 aliphatic carbocycles. The zero-order valence-corrected chi connectivity index (χ0v) is 27.0. The van der Waals surface area contributed by atoms with Gasteiger partial charge in [-0.25, -0.2) is 4.98 Å². The minimum absolute atomic E-state index is 0. The van der Waals surface area contributed by atoms with Gasteiger partial charge in [0.1, 0.15) is 5.69 Å². The van der Waals surface area contributed by atoms with Gasteiger partial charge in [-0.2, -0.15) is 13.2 Å². The number of piperidine rings is 2. The summed E-state index contributed by atoms with van der Waals surface area (Å²) < 4.78 is 42.0. The Hall–Kier alpha value is -1.89. The number of fused-ring (bicyclic) bond motifs is 2. The summed E-state index contributed by atoms with van der Waals surface area (Å²) in [6.07, 6.45) is -1.16. The van der Waals surface area contributed by atoms with Gasteiger partial charge in [-0.3, -0.25) is 19.5 Å². The first-order chi connectivity index (χ1) is 18.0. The molecule has 3 aliphatic rings. The van der Waals surface area contributed by atoms with Crippen LogP contribution in [-0.2, 0) is 22.3 Å². The molecule has 0 bridgehead atoms. The Morgan fingerprint density at radius 1 is 1.12 bits per heavy atom. The average Bonchev–Trinajstić information content (AvgIpc) is 3.10. The lowest BCUT2D eigenvalue weighted by atomic mass is 10.0. The topological polar surface area (TPSA) is 87.2 Å². The number of hydrogen-bond acceptors (Lipinski definition) is 7. The van der Waals surface area contributed by atoms with Crippen molar-refractivity contribution in [1.29, 1.82) is 0 Å². The van der Waals surface area contributed by atoms with Crippen LogP contribution in [0.5, 0.6) is 0 Å². The summed E-state index contributed by atoms with van der Waals surface area (Å²) in [7, 11) is 0. The second-order valence-corrected chi connectivity index (χ2v) is 12.2. The molecular weight excluding hydrogens is 657 g/mol. The number of nitrogens with one attached hydrogen (secondary N) is 2. The summed E-state index contributed by atoms with van der Waals surface area (Å²) in [5.41, 5.74) is 1.15. The number of aromatic nitrogens is 2. The minimum atomic E-state index is -4.59. The normalized spacial score (nSPS) is 22.3. The summed E-state index contributed by atoms with van der Waals surface area (Å²) in [5.74, 6) is -0.840. The number of aryl methyl sites for hydroxylation is 1. The van der Waals surface area contributed by atoms with Crippen molar-refractivity contribution in [3.05, 3.63) is 40.5 Å². The number of likely N-dealkylation sites (tertiary alicyclic amines) is 1. The van der Waals surface area contributed by atoms with Crippen LogP contribution < -0.4 is 10.6 Å². The number of carbonyl (C=O) groups excluding carboxylic acids is 2. The molecule has 3 aromatic rings. The van der Waals surface area contributed by atoms with Gasteiger partial charge in [0, 0.05) is 29.2 Å². The Bertz CT molecular complexity index is 1460. The first kappa shape index (κ1) is 36.3. The number of pyridine rings is 2. The molecule has 7 nitrogen and oxygen atoms in total. The molecule has 2 saturated heterocycles. The highest BCUT2D eigenvalue weighted by Gasteiger charge is 2.72. The van der Waals surface area contributed by atoms with E-state index in [2.05, 4.69) is 20.6 Å². The smallest absolute Gasteiger partial charge is 0.379 e. The van der Waals surface area contributed by atoms with Crippen LogP contribution in [0.4, 0.5) is 18.9 Å². The van der Waals surface area contributed by atoms with Crippen molar-refractivity contribution in [2.24, 2.45) is 17.3 Å². The highest BCUT2D eigenvalue weighted by Crippen LogP contribution is 2.63. The van der Waals surface area contributed by atoms with Crippen molar-refractivity contribution in [3.8, 4) is 11.3 Å². The highest BCUT2D eigenvalue weighted by atomic mass is 35.5. The monoisotopic (exact) mass is 687 g/mol. The Morgan fingerprint density at radius 2 is 1.79 bits per heavy atom. The fourth-order valence-corrected chi connectivity index (χ4v) is 7.06. The van der Waals surface area contributed by atoms with Crippen LogP contribution >= 0.6 is 61.0 Å². The predicted octanol–water partition coefficient (Wildman–Crippen LogP) is 6.68. The summed E-state index contributed by atoms with van der Waals surface area (Å²) >= 11 is 1.33. The molecule has 2 N–H and O–H groups in total. The fraction of sp³-hybridized carbons (Fsp3) is 0.481. The van der Waals surface area contributed by atoms with Crippen LogP contribution in [0.25, 0.3) is 21.5 Å². The standard InChI is InChI=1S/C27H28F3N5O2S.4ClH/c1-13-9-18(27(28,29)30)34-22(21(13)33-14-5-4-7-31-11-14)16-6-8-32-17-10-15(38-23(16)17)12-35-24(36)19-20(25(35)37)26(19,2)3;;;;/h6,8-10,14,19-20,31,33H,4-5,7,11-12H2,1-3H3;4*1H. The van der Waals surface area contributed by atoms with Gasteiger partial charge in [0.15, 0.2) is 0 Å². The highest BCUT2D eigenvalue weighted by molar-refractivity contribution is 7.19. The largest absolute Gasteiger partial charge is 0.433 e. The van der Waals surface area contributed by atoms with Crippen LogP contribution in [0.3, 0.4) is 0 Å². The van der Waals surface area contributed by atoms with Gasteiger partial charge in [-0.15, -0.1) is 61.0 Å². The van der Waals surface area contributed by atoms with E-state index in [9.17, 15) is 22.8 Å². The molecule has 3 atom stereocenters. The zero-order valence-electron chi connectivity index (χ0n) is 22.9. The van der Waals surface area contributed by atoms with Crippen LogP contribution in [0.15, 0.2) is 24.4 Å². The molecule has 3 aromatic heterocycles. The van der Waals surface area contributed by atoms with Gasteiger partial charge in [0.2, 0.25) is 11.8 Å². The lowest BCUT2D eigenvalue weighted by Crippen LogP contribution is -2.38. The van der Waals surface area contributed by atoms with Gasteiger partial charge in [-0.1, -0.05) is 13.8 Å². The van der Waals surface area contributed by atoms with E-state index >= 15 is 0 Å². The van der Waals surface area contributed by atoms with Crippen LogP contribution in [0.1, 0.15) is 42.8 Å². The molecule has 3 unspecified atom stereocenters. The molecule has 0 spiro atoms. The van der Waals surface area contributed by atoms with E-state index in [1.54, 1.807) is 25.3 Å². The van der Waals surface area contributed by atoms with E-state index in [0.29, 0.717) is 33.6 Å². The van der Waals surface area contributed by atoms with E-state index in [4.69, 9.17) is 0 Å². The van der Waals surface area contributed by atoms with E-state index in [1.165, 1.54) is 16.2 Å². The summed E-state index contributed by atoms with van der Waals surface area (Å²) in [5, 5.41) is 6.77. The Labute approximate surface area is 270 Å². The quantitative estimate of drug-likeness (QED) is 0.291.